The third-order valence-electron chi connectivity index (χ3n) is 2.85. The van der Waals surface area contributed by atoms with Crippen LogP contribution in [0.25, 0.3) is 0 Å². The molecular weight excluding hydrogens is 290 g/mol. The topological polar surface area (TPSA) is 35.2 Å². The molecule has 2 rings (SSSR count). The molecule has 0 saturated heterocycles. The van der Waals surface area contributed by atoms with E-state index in [0.29, 0.717) is 6.54 Å². The minimum Gasteiger partial charge on any atom is -0.496 e. The Balaban J connectivity index is 2.20. The Morgan fingerprint density at radius 2 is 1.78 bits per heavy atom. The summed E-state index contributed by atoms with van der Waals surface area (Å²) in [5.41, 5.74) is 9.34. The van der Waals surface area contributed by atoms with Gasteiger partial charge in [-0.3, -0.25) is 0 Å². The van der Waals surface area contributed by atoms with Gasteiger partial charge in [0, 0.05) is 6.54 Å². The fourth-order valence-corrected chi connectivity index (χ4v) is 2.51. The number of hydrogen-bond donors (Lipinski definition) is 1. The van der Waals surface area contributed by atoms with E-state index < -0.39 is 0 Å². The molecule has 0 heterocycles. The summed E-state index contributed by atoms with van der Waals surface area (Å²) in [5.74, 6) is 0.856. The van der Waals surface area contributed by atoms with E-state index in [9.17, 15) is 0 Å². The summed E-state index contributed by atoms with van der Waals surface area (Å²) < 4.78 is 6.21. The van der Waals surface area contributed by atoms with Crippen molar-refractivity contribution in [3.8, 4) is 5.75 Å². The van der Waals surface area contributed by atoms with Gasteiger partial charge in [0.1, 0.15) is 5.75 Å². The van der Waals surface area contributed by atoms with Crippen LogP contribution in [0.15, 0.2) is 46.9 Å². The first kappa shape index (κ1) is 13.1. The zero-order chi connectivity index (χ0) is 13.0. The molecule has 0 atom stereocenters. The molecule has 0 radical (unpaired) electrons. The second-order valence-corrected chi connectivity index (χ2v) is 5.02. The van der Waals surface area contributed by atoms with Crippen LogP contribution in [0.3, 0.4) is 0 Å². The van der Waals surface area contributed by atoms with Crippen molar-refractivity contribution >= 4 is 15.9 Å². The summed E-state index contributed by atoms with van der Waals surface area (Å²) in [6.45, 7) is 0.583. The average molecular weight is 306 g/mol. The molecule has 0 aromatic heterocycles. The highest BCUT2D eigenvalue weighted by atomic mass is 79.9. The quantitative estimate of drug-likeness (QED) is 0.938. The Bertz CT molecular complexity index is 540. The fourth-order valence-electron chi connectivity index (χ4n) is 1.92. The van der Waals surface area contributed by atoms with Crippen LogP contribution in [0.1, 0.15) is 16.7 Å². The molecule has 0 spiro atoms. The minimum atomic E-state index is 0.583. The van der Waals surface area contributed by atoms with Gasteiger partial charge in [0.05, 0.1) is 11.6 Å². The van der Waals surface area contributed by atoms with Gasteiger partial charge in [0.2, 0.25) is 0 Å². The molecule has 0 aliphatic rings. The highest BCUT2D eigenvalue weighted by Gasteiger charge is 2.03. The largest absolute Gasteiger partial charge is 0.496 e. The van der Waals surface area contributed by atoms with Gasteiger partial charge < -0.3 is 10.5 Å². The molecule has 0 aliphatic heterocycles. The van der Waals surface area contributed by atoms with Gasteiger partial charge >= 0.3 is 0 Å². The first-order valence-corrected chi connectivity index (χ1v) is 6.62. The molecule has 0 saturated carbocycles. The number of benzene rings is 2. The third kappa shape index (κ3) is 3.12. The van der Waals surface area contributed by atoms with Gasteiger partial charge in [0.15, 0.2) is 0 Å². The van der Waals surface area contributed by atoms with E-state index in [2.05, 4.69) is 46.3 Å². The maximum Gasteiger partial charge on any atom is 0.133 e. The van der Waals surface area contributed by atoms with Crippen molar-refractivity contribution in [2.45, 2.75) is 13.0 Å². The van der Waals surface area contributed by atoms with Crippen molar-refractivity contribution in [1.82, 2.24) is 0 Å². The van der Waals surface area contributed by atoms with Crippen LogP contribution >= 0.6 is 15.9 Å². The van der Waals surface area contributed by atoms with Crippen LogP contribution in [0.5, 0.6) is 5.75 Å². The number of ether oxygens (including phenoxy) is 1. The average Bonchev–Trinajstić information content (AvgIpc) is 2.39. The molecule has 0 bridgehead atoms. The van der Waals surface area contributed by atoms with Crippen molar-refractivity contribution < 1.29 is 4.74 Å². The zero-order valence-electron chi connectivity index (χ0n) is 10.3. The molecule has 2 N–H and O–H groups in total. The van der Waals surface area contributed by atoms with Crippen LogP contribution in [0, 0.1) is 0 Å². The lowest BCUT2D eigenvalue weighted by Gasteiger charge is -2.07. The maximum absolute atomic E-state index is 5.65. The summed E-state index contributed by atoms with van der Waals surface area (Å²) in [4.78, 5) is 0. The van der Waals surface area contributed by atoms with Crippen LogP contribution in [0.2, 0.25) is 0 Å². The van der Waals surface area contributed by atoms with E-state index in [1.807, 2.05) is 12.1 Å². The Kier molecular flexibility index (Phi) is 4.39. The molecular formula is C15H16BrNO. The van der Waals surface area contributed by atoms with E-state index in [1.165, 1.54) is 16.7 Å². The van der Waals surface area contributed by atoms with E-state index in [4.69, 9.17) is 10.5 Å². The van der Waals surface area contributed by atoms with Gasteiger partial charge in [-0.1, -0.05) is 30.3 Å². The van der Waals surface area contributed by atoms with Crippen molar-refractivity contribution in [2.24, 2.45) is 5.73 Å². The Hall–Kier alpha value is -1.32. The van der Waals surface area contributed by atoms with Crippen molar-refractivity contribution in [3.63, 3.8) is 0 Å². The van der Waals surface area contributed by atoms with E-state index >= 15 is 0 Å². The highest BCUT2D eigenvalue weighted by Crippen LogP contribution is 2.26. The number of hydrogen-bond acceptors (Lipinski definition) is 2. The molecule has 3 heteroatoms. The van der Waals surface area contributed by atoms with Gasteiger partial charge in [-0.15, -0.1) is 0 Å². The first-order chi connectivity index (χ1) is 8.72. The number of nitrogens with two attached hydrogens (primary N) is 1. The number of rotatable bonds is 4. The van der Waals surface area contributed by atoms with Crippen LogP contribution < -0.4 is 10.5 Å². The number of halogens is 1. The second kappa shape index (κ2) is 6.03. The third-order valence-corrected chi connectivity index (χ3v) is 3.47. The Morgan fingerprint density at radius 3 is 2.44 bits per heavy atom. The molecule has 94 valence electrons. The van der Waals surface area contributed by atoms with E-state index in [0.717, 1.165) is 16.6 Å². The molecule has 0 amide bonds. The normalized spacial score (nSPS) is 10.4. The fraction of sp³-hybridized carbons (Fsp3) is 0.200. The SMILES string of the molecule is COc1ccc(Cc2cccc(CN)c2)cc1Br. The van der Waals surface area contributed by atoms with Crippen LogP contribution in [0.4, 0.5) is 0 Å². The molecule has 2 nitrogen and oxygen atoms in total. The predicted octanol–water partition coefficient (Wildman–Crippen LogP) is 3.51. The van der Waals surface area contributed by atoms with Crippen LogP contribution in [-0.4, -0.2) is 7.11 Å². The number of methoxy groups -OCH3 is 1. The second-order valence-electron chi connectivity index (χ2n) is 4.17. The highest BCUT2D eigenvalue weighted by molar-refractivity contribution is 9.10. The Labute approximate surface area is 116 Å². The predicted molar refractivity (Wildman–Crippen MR) is 77.8 cm³/mol. The van der Waals surface area contributed by atoms with Gasteiger partial charge in [-0.25, -0.2) is 0 Å². The minimum absolute atomic E-state index is 0.583. The standard InChI is InChI=1S/C15H16BrNO/c1-18-15-6-5-12(9-14(15)16)7-11-3-2-4-13(8-11)10-17/h2-6,8-9H,7,10,17H2,1H3. The molecule has 2 aromatic carbocycles. The summed E-state index contributed by atoms with van der Waals surface area (Å²) in [7, 11) is 1.67. The Morgan fingerprint density at radius 1 is 1.06 bits per heavy atom. The van der Waals surface area contributed by atoms with Crippen molar-refractivity contribution in [1.29, 1.82) is 0 Å². The van der Waals surface area contributed by atoms with Crippen molar-refractivity contribution in [3.05, 3.63) is 63.6 Å². The van der Waals surface area contributed by atoms with Gasteiger partial charge in [0.25, 0.3) is 0 Å². The van der Waals surface area contributed by atoms with Crippen molar-refractivity contribution in [2.75, 3.05) is 7.11 Å². The summed E-state index contributed by atoms with van der Waals surface area (Å²) in [6, 6.07) is 14.5. The summed E-state index contributed by atoms with van der Waals surface area (Å²) >= 11 is 3.50. The molecule has 0 fully saturated rings. The van der Waals surface area contributed by atoms with E-state index in [-0.39, 0.29) is 0 Å². The van der Waals surface area contributed by atoms with E-state index in [1.54, 1.807) is 7.11 Å². The monoisotopic (exact) mass is 305 g/mol. The first-order valence-electron chi connectivity index (χ1n) is 5.83. The smallest absolute Gasteiger partial charge is 0.133 e. The summed E-state index contributed by atoms with van der Waals surface area (Å²) in [6.07, 6.45) is 0.899. The maximum atomic E-state index is 5.65. The van der Waals surface area contributed by atoms with Gasteiger partial charge in [-0.05, 0) is 51.2 Å². The lowest BCUT2D eigenvalue weighted by atomic mass is 10.0. The molecule has 0 unspecified atom stereocenters. The molecule has 0 aliphatic carbocycles. The molecule has 2 aromatic rings. The zero-order valence-corrected chi connectivity index (χ0v) is 11.9. The molecule has 18 heavy (non-hydrogen) atoms. The lowest BCUT2D eigenvalue weighted by molar-refractivity contribution is 0.412. The van der Waals surface area contributed by atoms with Crippen LogP contribution in [-0.2, 0) is 13.0 Å². The summed E-state index contributed by atoms with van der Waals surface area (Å²) in [5, 5.41) is 0. The lowest BCUT2D eigenvalue weighted by Crippen LogP contribution is -1.97. The van der Waals surface area contributed by atoms with Gasteiger partial charge in [-0.2, -0.15) is 0 Å².